The van der Waals surface area contributed by atoms with Gasteiger partial charge in [-0.15, -0.1) is 0 Å². The van der Waals surface area contributed by atoms with Crippen molar-refractivity contribution in [2.75, 3.05) is 0 Å². The van der Waals surface area contributed by atoms with Gasteiger partial charge in [-0.25, -0.2) is 0 Å². The molecule has 0 saturated heterocycles. The van der Waals surface area contributed by atoms with Gasteiger partial charge < -0.3 is 10.2 Å². The number of hydrogen-bond donors (Lipinski definition) is 2. The van der Waals surface area contributed by atoms with Crippen LogP contribution < -0.4 is 0 Å². The number of aliphatic hydroxyl groups is 2. The van der Waals surface area contributed by atoms with Gasteiger partial charge in [0, 0.05) is 10.6 Å². The van der Waals surface area contributed by atoms with Gasteiger partial charge in [0.05, 0.1) is 6.10 Å². The second kappa shape index (κ2) is 4.61. The van der Waals surface area contributed by atoms with Gasteiger partial charge in [-0.05, 0) is 12.5 Å². The first kappa shape index (κ1) is 10.5. The van der Waals surface area contributed by atoms with Crippen molar-refractivity contribution in [3.63, 3.8) is 0 Å². The monoisotopic (exact) mass is 200 g/mol. The van der Waals surface area contributed by atoms with E-state index in [0.717, 1.165) is 0 Å². The van der Waals surface area contributed by atoms with Crippen LogP contribution >= 0.6 is 11.6 Å². The van der Waals surface area contributed by atoms with Crippen molar-refractivity contribution in [1.82, 2.24) is 0 Å². The van der Waals surface area contributed by atoms with Crippen molar-refractivity contribution in [1.29, 1.82) is 0 Å². The molecule has 0 aliphatic carbocycles. The first-order chi connectivity index (χ1) is 6.16. The van der Waals surface area contributed by atoms with Gasteiger partial charge in [0.25, 0.3) is 0 Å². The zero-order chi connectivity index (χ0) is 9.84. The van der Waals surface area contributed by atoms with E-state index in [1.807, 2.05) is 6.92 Å². The summed E-state index contributed by atoms with van der Waals surface area (Å²) in [6.07, 6.45) is -1.13. The lowest BCUT2D eigenvalue weighted by molar-refractivity contribution is 0.0165. The average Bonchev–Trinajstić information content (AvgIpc) is 2.16. The molecule has 2 nitrogen and oxygen atoms in total. The van der Waals surface area contributed by atoms with Gasteiger partial charge in [0.2, 0.25) is 0 Å². The smallest absolute Gasteiger partial charge is 0.106 e. The molecule has 1 aromatic carbocycles. The molecule has 0 fully saturated rings. The summed E-state index contributed by atoms with van der Waals surface area (Å²) >= 11 is 5.85. The van der Waals surface area contributed by atoms with Crippen LogP contribution in [0.4, 0.5) is 0 Å². The number of hydrogen-bond acceptors (Lipinski definition) is 2. The number of rotatable bonds is 3. The Kier molecular flexibility index (Phi) is 3.72. The van der Waals surface area contributed by atoms with Crippen molar-refractivity contribution in [2.45, 2.75) is 25.6 Å². The van der Waals surface area contributed by atoms with Crippen molar-refractivity contribution in [2.24, 2.45) is 0 Å². The first-order valence-corrected chi connectivity index (χ1v) is 4.65. The highest BCUT2D eigenvalue weighted by molar-refractivity contribution is 6.31. The molecule has 0 aliphatic rings. The minimum absolute atomic E-state index is 0.488. The van der Waals surface area contributed by atoms with E-state index in [4.69, 9.17) is 11.6 Å². The second-order valence-electron chi connectivity index (χ2n) is 2.94. The van der Waals surface area contributed by atoms with E-state index in [2.05, 4.69) is 0 Å². The van der Waals surface area contributed by atoms with Crippen LogP contribution in [0.1, 0.15) is 25.0 Å². The molecular weight excluding hydrogens is 188 g/mol. The summed E-state index contributed by atoms with van der Waals surface area (Å²) in [6, 6.07) is 6.98. The van der Waals surface area contributed by atoms with Crippen LogP contribution in [0.2, 0.25) is 5.02 Å². The molecule has 3 heteroatoms. The lowest BCUT2D eigenvalue weighted by Gasteiger charge is -2.17. The van der Waals surface area contributed by atoms with E-state index in [1.165, 1.54) is 0 Å². The van der Waals surface area contributed by atoms with Crippen molar-refractivity contribution >= 4 is 11.6 Å². The minimum Gasteiger partial charge on any atom is -0.390 e. The third-order valence-electron chi connectivity index (χ3n) is 2.01. The Hall–Kier alpha value is -0.570. The Morgan fingerprint density at radius 1 is 1.31 bits per heavy atom. The lowest BCUT2D eigenvalue weighted by atomic mass is 10.0. The molecular formula is C10H13ClO2. The molecule has 0 aromatic heterocycles. The van der Waals surface area contributed by atoms with Gasteiger partial charge in [-0.1, -0.05) is 36.7 Å². The summed E-state index contributed by atoms with van der Waals surface area (Å²) in [5, 5.41) is 19.5. The highest BCUT2D eigenvalue weighted by Crippen LogP contribution is 2.25. The van der Waals surface area contributed by atoms with Crippen molar-refractivity contribution in [3.05, 3.63) is 34.9 Å². The molecule has 2 atom stereocenters. The quantitative estimate of drug-likeness (QED) is 0.785. The number of aliphatic hydroxyl groups excluding tert-OH is 2. The number of halogens is 1. The average molecular weight is 201 g/mol. The zero-order valence-corrected chi connectivity index (χ0v) is 8.20. The standard InChI is InChI=1S/C10H13ClO2/c1-2-9(12)10(13)7-5-3-4-6-8(7)11/h3-6,9-10,12-13H,2H2,1H3/t9?,10-/m0/s1. The van der Waals surface area contributed by atoms with E-state index in [9.17, 15) is 10.2 Å². The molecule has 1 unspecified atom stereocenters. The van der Waals surface area contributed by atoms with E-state index in [1.54, 1.807) is 24.3 Å². The molecule has 0 radical (unpaired) electrons. The third-order valence-corrected chi connectivity index (χ3v) is 2.35. The Balaban J connectivity index is 2.88. The molecule has 72 valence electrons. The van der Waals surface area contributed by atoms with Gasteiger partial charge in [0.15, 0.2) is 0 Å². The van der Waals surface area contributed by atoms with Crippen molar-refractivity contribution in [3.8, 4) is 0 Å². The second-order valence-corrected chi connectivity index (χ2v) is 3.35. The zero-order valence-electron chi connectivity index (χ0n) is 7.44. The Labute approximate surface area is 82.8 Å². The van der Waals surface area contributed by atoms with Crippen molar-refractivity contribution < 1.29 is 10.2 Å². The van der Waals surface area contributed by atoms with Crippen LogP contribution in [0.15, 0.2) is 24.3 Å². The maximum atomic E-state index is 9.64. The van der Waals surface area contributed by atoms with Gasteiger partial charge >= 0.3 is 0 Å². The highest BCUT2D eigenvalue weighted by Gasteiger charge is 2.18. The summed E-state index contributed by atoms with van der Waals surface area (Å²) in [6.45, 7) is 1.81. The van der Waals surface area contributed by atoms with Gasteiger partial charge in [-0.3, -0.25) is 0 Å². The summed E-state index contributed by atoms with van der Waals surface area (Å²) in [4.78, 5) is 0. The summed E-state index contributed by atoms with van der Waals surface area (Å²) in [7, 11) is 0. The molecule has 1 rings (SSSR count). The first-order valence-electron chi connectivity index (χ1n) is 4.27. The molecule has 0 aliphatic heterocycles. The molecule has 13 heavy (non-hydrogen) atoms. The van der Waals surface area contributed by atoms with Crippen LogP contribution in [0.5, 0.6) is 0 Å². The topological polar surface area (TPSA) is 40.5 Å². The fourth-order valence-electron chi connectivity index (χ4n) is 1.15. The van der Waals surface area contributed by atoms with Gasteiger partial charge in [0.1, 0.15) is 6.10 Å². The molecule has 0 amide bonds. The summed E-state index contributed by atoms with van der Waals surface area (Å²) in [5.41, 5.74) is 0.582. The SMILES string of the molecule is CCC(O)[C@@H](O)c1ccccc1Cl. The molecule has 0 bridgehead atoms. The number of benzene rings is 1. The largest absolute Gasteiger partial charge is 0.390 e. The summed E-state index contributed by atoms with van der Waals surface area (Å²) < 4.78 is 0. The van der Waals surface area contributed by atoms with Gasteiger partial charge in [-0.2, -0.15) is 0 Å². The lowest BCUT2D eigenvalue weighted by Crippen LogP contribution is -2.17. The molecule has 0 spiro atoms. The van der Waals surface area contributed by atoms with E-state index in [-0.39, 0.29) is 0 Å². The maximum absolute atomic E-state index is 9.64. The Morgan fingerprint density at radius 3 is 2.46 bits per heavy atom. The van der Waals surface area contributed by atoms with Crippen LogP contribution in [-0.4, -0.2) is 16.3 Å². The maximum Gasteiger partial charge on any atom is 0.106 e. The van der Waals surface area contributed by atoms with Crippen LogP contribution in [0, 0.1) is 0 Å². The van der Waals surface area contributed by atoms with E-state index < -0.39 is 12.2 Å². The molecule has 0 heterocycles. The van der Waals surface area contributed by atoms with Crippen LogP contribution in [-0.2, 0) is 0 Å². The predicted octanol–water partition coefficient (Wildman–Crippen LogP) is 2.14. The molecule has 1 aromatic rings. The normalized spacial score (nSPS) is 15.4. The fourth-order valence-corrected chi connectivity index (χ4v) is 1.39. The van der Waals surface area contributed by atoms with Crippen LogP contribution in [0.3, 0.4) is 0 Å². The fraction of sp³-hybridized carbons (Fsp3) is 0.400. The molecule has 0 saturated carbocycles. The minimum atomic E-state index is -0.890. The van der Waals surface area contributed by atoms with Crippen LogP contribution in [0.25, 0.3) is 0 Å². The van der Waals surface area contributed by atoms with E-state index >= 15 is 0 Å². The summed E-state index contributed by atoms with van der Waals surface area (Å²) in [5.74, 6) is 0. The highest BCUT2D eigenvalue weighted by atomic mass is 35.5. The van der Waals surface area contributed by atoms with E-state index in [0.29, 0.717) is 17.0 Å². The Morgan fingerprint density at radius 2 is 1.92 bits per heavy atom. The molecule has 2 N–H and O–H groups in total. The predicted molar refractivity (Wildman–Crippen MR) is 52.7 cm³/mol. The third kappa shape index (κ3) is 2.44. The Bertz CT molecular complexity index is 275.